The molecule has 0 fully saturated rings. The molecule has 0 aliphatic carbocycles. The Hall–Kier alpha value is -7.21. The summed E-state index contributed by atoms with van der Waals surface area (Å²) < 4.78 is 0. The highest BCUT2D eigenvalue weighted by atomic mass is 15.0. The fourth-order valence-corrected chi connectivity index (χ4v) is 6.33. The van der Waals surface area contributed by atoms with E-state index in [2.05, 4.69) is 72.8 Å². The summed E-state index contributed by atoms with van der Waals surface area (Å²) in [5.74, 6) is 1.82. The summed E-state index contributed by atoms with van der Waals surface area (Å²) in [5.41, 5.74) is 9.61. The van der Waals surface area contributed by atoms with Gasteiger partial charge in [-0.3, -0.25) is 0 Å². The van der Waals surface area contributed by atoms with Crippen LogP contribution in [0.5, 0.6) is 0 Å². The maximum Gasteiger partial charge on any atom is 0.164 e. The van der Waals surface area contributed by atoms with Gasteiger partial charge < -0.3 is 0 Å². The smallest absolute Gasteiger partial charge is 0.164 e. The molecule has 7 aromatic carbocycles. The van der Waals surface area contributed by atoms with Crippen molar-refractivity contribution < 1.29 is 0 Å². The molecule has 0 spiro atoms. The molecule has 1 aromatic heterocycles. The van der Waals surface area contributed by atoms with E-state index in [1.54, 1.807) is 6.07 Å². The highest BCUT2D eigenvalue weighted by Crippen LogP contribution is 2.40. The molecule has 0 aliphatic heterocycles. The Morgan fingerprint density at radius 3 is 1.52 bits per heavy atom. The van der Waals surface area contributed by atoms with Crippen molar-refractivity contribution in [2.24, 2.45) is 0 Å². The van der Waals surface area contributed by atoms with E-state index in [4.69, 9.17) is 15.0 Å². The van der Waals surface area contributed by atoms with E-state index in [0.717, 1.165) is 60.8 Å². The van der Waals surface area contributed by atoms with Crippen molar-refractivity contribution in [1.82, 2.24) is 15.0 Å². The van der Waals surface area contributed by atoms with Crippen LogP contribution in [0.15, 0.2) is 164 Å². The van der Waals surface area contributed by atoms with Gasteiger partial charge in [-0.15, -0.1) is 0 Å². The summed E-state index contributed by atoms with van der Waals surface area (Å²) in [6.07, 6.45) is 0. The van der Waals surface area contributed by atoms with Crippen LogP contribution in [-0.2, 0) is 0 Å². The van der Waals surface area contributed by atoms with E-state index < -0.39 is 0 Å². The Morgan fingerprint density at radius 2 is 0.880 bits per heavy atom. The average molecular weight is 638 g/mol. The first-order valence-electron chi connectivity index (χ1n) is 16.2. The number of nitriles is 2. The lowest BCUT2D eigenvalue weighted by atomic mass is 9.87. The second kappa shape index (κ2) is 13.1. The second-order valence-electron chi connectivity index (χ2n) is 11.9. The van der Waals surface area contributed by atoms with Gasteiger partial charge in [0.05, 0.1) is 23.3 Å². The second-order valence-corrected chi connectivity index (χ2v) is 11.9. The third kappa shape index (κ3) is 5.88. The first-order valence-corrected chi connectivity index (χ1v) is 16.2. The van der Waals surface area contributed by atoms with Crippen LogP contribution in [-0.4, -0.2) is 15.0 Å². The van der Waals surface area contributed by atoms with Crippen LogP contribution < -0.4 is 0 Å². The molecule has 8 aromatic rings. The molecule has 1 heterocycles. The van der Waals surface area contributed by atoms with E-state index in [1.165, 1.54) is 0 Å². The number of fused-ring (bicyclic) bond motifs is 1. The molecule has 0 unspecified atom stereocenters. The zero-order valence-corrected chi connectivity index (χ0v) is 26.8. The molecule has 5 nitrogen and oxygen atoms in total. The zero-order valence-electron chi connectivity index (χ0n) is 26.8. The quantitative estimate of drug-likeness (QED) is 0.181. The van der Waals surface area contributed by atoms with Crippen molar-refractivity contribution in [2.75, 3.05) is 0 Å². The van der Waals surface area contributed by atoms with Crippen molar-refractivity contribution in [3.8, 4) is 79.7 Å². The topological polar surface area (TPSA) is 86.2 Å². The Bertz CT molecular complexity index is 2540. The van der Waals surface area contributed by atoms with Crippen LogP contribution in [0.4, 0.5) is 0 Å². The van der Waals surface area contributed by atoms with Gasteiger partial charge in [0.15, 0.2) is 17.5 Å². The maximum absolute atomic E-state index is 10.0. The molecule has 0 N–H and O–H groups in total. The van der Waals surface area contributed by atoms with Crippen LogP contribution in [0.3, 0.4) is 0 Å². The molecule has 0 saturated heterocycles. The predicted molar refractivity (Wildman–Crippen MR) is 199 cm³/mol. The SMILES string of the molecule is N#Cc1cccc(-c2cc(C#N)cc(-c3ccc4ccccc4c3-c3ccc(-c4nc(-c5ccccc5)nc(-c5ccccc5)n4)cc3)c2)c1. The lowest BCUT2D eigenvalue weighted by Crippen LogP contribution is -2.00. The fourth-order valence-electron chi connectivity index (χ4n) is 6.33. The van der Waals surface area contributed by atoms with Crippen molar-refractivity contribution >= 4 is 10.8 Å². The molecule has 5 heteroatoms. The van der Waals surface area contributed by atoms with E-state index in [0.29, 0.717) is 28.6 Å². The fraction of sp³-hybridized carbons (Fsp3) is 0. The summed E-state index contributed by atoms with van der Waals surface area (Å²) in [7, 11) is 0. The summed E-state index contributed by atoms with van der Waals surface area (Å²) >= 11 is 0. The van der Waals surface area contributed by atoms with Crippen LogP contribution in [0.2, 0.25) is 0 Å². The van der Waals surface area contributed by atoms with Crippen molar-refractivity contribution in [3.63, 3.8) is 0 Å². The van der Waals surface area contributed by atoms with E-state index >= 15 is 0 Å². The van der Waals surface area contributed by atoms with Crippen LogP contribution in [0, 0.1) is 22.7 Å². The van der Waals surface area contributed by atoms with E-state index in [9.17, 15) is 10.5 Å². The summed E-state index contributed by atoms with van der Waals surface area (Å²) in [6, 6.07) is 58.8. The van der Waals surface area contributed by atoms with Gasteiger partial charge in [0.1, 0.15) is 0 Å². The molecule has 8 rings (SSSR count). The van der Waals surface area contributed by atoms with Crippen LogP contribution in [0.1, 0.15) is 11.1 Å². The van der Waals surface area contributed by atoms with Gasteiger partial charge in [-0.2, -0.15) is 10.5 Å². The molecule has 232 valence electrons. The lowest BCUT2D eigenvalue weighted by Gasteiger charge is -2.16. The summed E-state index contributed by atoms with van der Waals surface area (Å²) in [6.45, 7) is 0. The lowest BCUT2D eigenvalue weighted by molar-refractivity contribution is 1.07. The van der Waals surface area contributed by atoms with Crippen molar-refractivity contribution in [1.29, 1.82) is 10.5 Å². The molecular formula is C45H27N5. The third-order valence-electron chi connectivity index (χ3n) is 8.76. The minimum Gasteiger partial charge on any atom is -0.208 e. The standard InChI is InChI=1S/C45H27N5/c46-28-30-10-9-16-37(24-30)38-25-31(29-47)26-39(27-38)41-23-22-32-11-7-8-17-40(32)42(41)33-18-20-36(21-19-33)45-49-43(34-12-3-1-4-13-34)48-44(50-45)35-14-5-2-6-15-35/h1-27H. The molecule has 0 radical (unpaired) electrons. The van der Waals surface area contributed by atoms with Gasteiger partial charge in [-0.1, -0.05) is 133 Å². The molecule has 50 heavy (non-hydrogen) atoms. The first kappa shape index (κ1) is 30.1. The molecule has 0 bridgehead atoms. The minimum absolute atomic E-state index is 0.549. The molecule has 0 atom stereocenters. The number of benzene rings is 7. The van der Waals surface area contributed by atoms with Gasteiger partial charge in [0, 0.05) is 16.7 Å². The highest BCUT2D eigenvalue weighted by Gasteiger charge is 2.16. The van der Waals surface area contributed by atoms with Gasteiger partial charge >= 0.3 is 0 Å². The van der Waals surface area contributed by atoms with Gasteiger partial charge in [0.25, 0.3) is 0 Å². The number of nitrogens with zero attached hydrogens (tertiary/aromatic N) is 5. The van der Waals surface area contributed by atoms with Gasteiger partial charge in [0.2, 0.25) is 0 Å². The largest absolute Gasteiger partial charge is 0.208 e. The van der Waals surface area contributed by atoms with Crippen LogP contribution >= 0.6 is 0 Å². The van der Waals surface area contributed by atoms with E-state index in [1.807, 2.05) is 97.1 Å². The normalized spacial score (nSPS) is 10.8. The first-order chi connectivity index (χ1) is 24.7. The Labute approximate surface area is 290 Å². The van der Waals surface area contributed by atoms with Gasteiger partial charge in [-0.05, 0) is 74.5 Å². The minimum atomic E-state index is 0.549. The summed E-state index contributed by atoms with van der Waals surface area (Å²) in [4.78, 5) is 14.7. The number of hydrogen-bond donors (Lipinski definition) is 0. The molecular weight excluding hydrogens is 611 g/mol. The third-order valence-corrected chi connectivity index (χ3v) is 8.76. The summed E-state index contributed by atoms with van der Waals surface area (Å²) in [5, 5.41) is 21.8. The van der Waals surface area contributed by atoms with Crippen LogP contribution in [0.25, 0.3) is 78.3 Å². The highest BCUT2D eigenvalue weighted by molar-refractivity contribution is 6.04. The van der Waals surface area contributed by atoms with Crippen molar-refractivity contribution in [3.05, 3.63) is 175 Å². The predicted octanol–water partition coefficient (Wildman–Crippen LogP) is 10.8. The number of aromatic nitrogens is 3. The van der Waals surface area contributed by atoms with Gasteiger partial charge in [-0.25, -0.2) is 15.0 Å². The Morgan fingerprint density at radius 1 is 0.360 bits per heavy atom. The average Bonchev–Trinajstić information content (AvgIpc) is 3.20. The van der Waals surface area contributed by atoms with E-state index in [-0.39, 0.29) is 0 Å². The Balaban J connectivity index is 1.27. The zero-order chi connectivity index (χ0) is 33.9. The molecule has 0 amide bonds. The molecule has 0 saturated carbocycles. The number of rotatable bonds is 6. The maximum atomic E-state index is 10.0. The monoisotopic (exact) mass is 637 g/mol. The molecule has 0 aliphatic rings. The van der Waals surface area contributed by atoms with Crippen molar-refractivity contribution in [2.45, 2.75) is 0 Å². The Kier molecular flexibility index (Phi) is 7.91. The number of hydrogen-bond acceptors (Lipinski definition) is 5.